The largest absolute Gasteiger partial charge is 0.221 e. The first-order valence-electron chi connectivity index (χ1n) is 3.40. The summed E-state index contributed by atoms with van der Waals surface area (Å²) in [6.07, 6.45) is 0. The van der Waals surface area contributed by atoms with E-state index in [2.05, 4.69) is 15.4 Å². The van der Waals surface area contributed by atoms with Crippen molar-refractivity contribution in [2.75, 3.05) is 7.11 Å². The molecule has 0 amide bonds. The second-order valence-electron chi connectivity index (χ2n) is 2.06. The Morgan fingerprint density at radius 1 is 1.27 bits per heavy atom. The van der Waals surface area contributed by atoms with Gasteiger partial charge in [-0.2, -0.15) is 5.48 Å². The van der Waals surface area contributed by atoms with Gasteiger partial charge in [0.2, 0.25) is 0 Å². The summed E-state index contributed by atoms with van der Waals surface area (Å²) >= 11 is 0. The second kappa shape index (κ2) is 4.85. The molecule has 0 radical (unpaired) electrons. The monoisotopic (exact) mass is 153 g/mol. The first-order chi connectivity index (χ1) is 5.43. The van der Waals surface area contributed by atoms with E-state index in [1.165, 1.54) is 7.11 Å². The van der Waals surface area contributed by atoms with Crippen LogP contribution in [0.4, 0.5) is 0 Å². The van der Waals surface area contributed by atoms with Gasteiger partial charge in [-0.05, 0) is 5.56 Å². The highest BCUT2D eigenvalue weighted by Gasteiger charge is 1.88. The van der Waals surface area contributed by atoms with Crippen LogP contribution in [0.5, 0.6) is 0 Å². The van der Waals surface area contributed by atoms with Gasteiger partial charge in [0.05, 0.1) is 7.11 Å². The maximum Gasteiger partial charge on any atom is 0.0732 e. The Labute approximate surface area is 65.8 Å². The van der Waals surface area contributed by atoms with Gasteiger partial charge in [-0.3, -0.25) is 0 Å². The average Bonchev–Trinajstić information content (AvgIpc) is 2.07. The molecule has 0 aliphatic carbocycles. The van der Waals surface area contributed by atoms with E-state index >= 15 is 0 Å². The fraction of sp³-hybridized carbons (Fsp3) is 0.250. The summed E-state index contributed by atoms with van der Waals surface area (Å²) in [5.74, 6) is 0. The zero-order chi connectivity index (χ0) is 7.94. The fourth-order valence-corrected chi connectivity index (χ4v) is 0.768. The number of hydrogen-bond donors (Lipinski definition) is 1. The van der Waals surface area contributed by atoms with Crippen molar-refractivity contribution in [3.63, 3.8) is 0 Å². The molecule has 3 nitrogen and oxygen atoms in total. The molecule has 0 aliphatic rings. The summed E-state index contributed by atoms with van der Waals surface area (Å²) in [5, 5.41) is 0. The normalized spacial score (nSPS) is 9.91. The van der Waals surface area contributed by atoms with Crippen LogP contribution in [-0.2, 0) is 16.4 Å². The molecule has 1 aromatic rings. The highest BCUT2D eigenvalue weighted by molar-refractivity contribution is 5.13. The maximum absolute atomic E-state index is 4.49. The Morgan fingerprint density at radius 2 is 2.00 bits per heavy atom. The molecule has 3 heteroatoms. The Hall–Kier alpha value is -0.900. The molecule has 0 heterocycles. The molecule has 1 N–H and O–H groups in total. The third-order valence-electron chi connectivity index (χ3n) is 1.26. The molecule has 0 atom stereocenters. The second-order valence-corrected chi connectivity index (χ2v) is 2.06. The van der Waals surface area contributed by atoms with Crippen molar-refractivity contribution in [3.05, 3.63) is 35.9 Å². The summed E-state index contributed by atoms with van der Waals surface area (Å²) in [6, 6.07) is 9.94. The zero-order valence-electron chi connectivity index (χ0n) is 6.41. The third kappa shape index (κ3) is 3.13. The first kappa shape index (κ1) is 8.20. The number of nitrogens with one attached hydrogen (secondary N) is 1. The summed E-state index contributed by atoms with van der Waals surface area (Å²) in [6.45, 7) is 0.648. The lowest BCUT2D eigenvalue weighted by Gasteiger charge is -2.00. The van der Waals surface area contributed by atoms with E-state index in [1.54, 1.807) is 0 Å². The zero-order valence-corrected chi connectivity index (χ0v) is 6.41. The molecule has 11 heavy (non-hydrogen) atoms. The molecule has 0 unspecified atom stereocenters. The summed E-state index contributed by atoms with van der Waals surface area (Å²) in [4.78, 5) is 8.84. The van der Waals surface area contributed by atoms with Gasteiger partial charge in [0.15, 0.2) is 0 Å². The van der Waals surface area contributed by atoms with Crippen LogP contribution >= 0.6 is 0 Å². The Balaban J connectivity index is 2.28. The van der Waals surface area contributed by atoms with Gasteiger partial charge in [0.25, 0.3) is 0 Å². The van der Waals surface area contributed by atoms with Crippen LogP contribution in [0, 0.1) is 0 Å². The van der Waals surface area contributed by atoms with Crippen LogP contribution in [0.25, 0.3) is 0 Å². The van der Waals surface area contributed by atoms with Gasteiger partial charge in [-0.15, -0.1) is 4.99 Å². The van der Waals surface area contributed by atoms with Crippen molar-refractivity contribution in [1.82, 2.24) is 5.48 Å². The van der Waals surface area contributed by atoms with E-state index in [1.807, 2.05) is 30.3 Å². The van der Waals surface area contributed by atoms with Crippen molar-refractivity contribution in [1.29, 1.82) is 0 Å². The van der Waals surface area contributed by atoms with Gasteiger partial charge < -0.3 is 0 Å². The molecule has 0 fully saturated rings. The lowest BCUT2D eigenvalue weighted by molar-refractivity contribution is -0.319. The predicted molar refractivity (Wildman–Crippen MR) is 41.4 cm³/mol. The topological polar surface area (TPSA) is 30.5 Å². The van der Waals surface area contributed by atoms with E-state index < -0.39 is 0 Å². The molecule has 1 rings (SSSR count). The van der Waals surface area contributed by atoms with Gasteiger partial charge >= 0.3 is 0 Å². The lowest BCUT2D eigenvalue weighted by Crippen LogP contribution is -2.12. The van der Waals surface area contributed by atoms with Crippen LogP contribution in [0.15, 0.2) is 30.3 Å². The van der Waals surface area contributed by atoms with Gasteiger partial charge in [-0.25, -0.2) is 4.89 Å². The third-order valence-corrected chi connectivity index (χ3v) is 1.26. The predicted octanol–water partition coefficient (Wildman–Crippen LogP) is 1.27. The van der Waals surface area contributed by atoms with E-state index in [4.69, 9.17) is 0 Å². The van der Waals surface area contributed by atoms with Crippen LogP contribution in [0.1, 0.15) is 5.56 Å². The molecule has 1 aromatic carbocycles. The Kier molecular flexibility index (Phi) is 3.61. The molecule has 0 bridgehead atoms. The Morgan fingerprint density at radius 3 is 2.64 bits per heavy atom. The molecule has 0 aliphatic heterocycles. The minimum absolute atomic E-state index is 0.648. The molecule has 0 aromatic heterocycles. The summed E-state index contributed by atoms with van der Waals surface area (Å²) < 4.78 is 0. The highest BCUT2D eigenvalue weighted by atomic mass is 17.3. The molecular weight excluding hydrogens is 142 g/mol. The van der Waals surface area contributed by atoms with Crippen molar-refractivity contribution >= 4 is 0 Å². The van der Waals surface area contributed by atoms with E-state index in [0.29, 0.717) is 6.54 Å². The Bertz CT molecular complexity index is 189. The number of benzene rings is 1. The van der Waals surface area contributed by atoms with E-state index in [0.717, 1.165) is 5.56 Å². The smallest absolute Gasteiger partial charge is 0.0732 e. The molecule has 0 spiro atoms. The van der Waals surface area contributed by atoms with E-state index in [-0.39, 0.29) is 0 Å². The molecular formula is C8H11NO2. The molecule has 60 valence electrons. The minimum atomic E-state index is 0.648. The standard InChI is InChI=1S/C8H11NO2/c1-10-11-9-7-8-5-3-2-4-6-8/h2-6,9H,7H2,1H3. The van der Waals surface area contributed by atoms with Gasteiger partial charge in [0, 0.05) is 6.54 Å². The van der Waals surface area contributed by atoms with E-state index in [9.17, 15) is 0 Å². The van der Waals surface area contributed by atoms with Crippen molar-refractivity contribution in [2.45, 2.75) is 6.54 Å². The van der Waals surface area contributed by atoms with Crippen molar-refractivity contribution in [3.8, 4) is 0 Å². The van der Waals surface area contributed by atoms with Crippen molar-refractivity contribution < 1.29 is 9.88 Å². The van der Waals surface area contributed by atoms with Gasteiger partial charge in [-0.1, -0.05) is 30.3 Å². The lowest BCUT2D eigenvalue weighted by atomic mass is 10.2. The highest BCUT2D eigenvalue weighted by Crippen LogP contribution is 1.96. The fourth-order valence-electron chi connectivity index (χ4n) is 0.768. The van der Waals surface area contributed by atoms with Crippen LogP contribution in [0.3, 0.4) is 0 Å². The molecule has 0 saturated heterocycles. The maximum atomic E-state index is 4.49. The number of hydroxylamine groups is 1. The summed E-state index contributed by atoms with van der Waals surface area (Å²) in [7, 11) is 1.46. The quantitative estimate of drug-likeness (QED) is 0.401. The SMILES string of the molecule is COONCc1ccccc1. The number of hydrogen-bond acceptors (Lipinski definition) is 3. The van der Waals surface area contributed by atoms with Gasteiger partial charge in [0.1, 0.15) is 0 Å². The van der Waals surface area contributed by atoms with Crippen LogP contribution in [-0.4, -0.2) is 7.11 Å². The molecule has 0 saturated carbocycles. The first-order valence-corrected chi connectivity index (χ1v) is 3.40. The number of rotatable bonds is 4. The van der Waals surface area contributed by atoms with Crippen LogP contribution < -0.4 is 5.48 Å². The summed E-state index contributed by atoms with van der Waals surface area (Å²) in [5.41, 5.74) is 3.79. The van der Waals surface area contributed by atoms with Crippen molar-refractivity contribution in [2.24, 2.45) is 0 Å². The average molecular weight is 153 g/mol. The van der Waals surface area contributed by atoms with Crippen LogP contribution in [0.2, 0.25) is 0 Å². The minimum Gasteiger partial charge on any atom is -0.221 e.